The SMILES string of the molecule is CS(=O)(=O)CC(=O)Nc1ccnc(B(O)O)c1. The maximum absolute atomic E-state index is 11.3. The number of carbonyl (C=O) groups is 1. The predicted molar refractivity (Wildman–Crippen MR) is 62.4 cm³/mol. The van der Waals surface area contributed by atoms with E-state index < -0.39 is 28.6 Å². The molecule has 1 amide bonds. The smallest absolute Gasteiger partial charge is 0.422 e. The normalized spacial score (nSPS) is 11.0. The molecular formula is C8H11BN2O5S. The monoisotopic (exact) mass is 258 g/mol. The van der Waals surface area contributed by atoms with E-state index in [1.807, 2.05) is 0 Å². The average molecular weight is 258 g/mol. The molecule has 9 heteroatoms. The Morgan fingerprint density at radius 3 is 2.71 bits per heavy atom. The van der Waals surface area contributed by atoms with Crippen LogP contribution in [-0.4, -0.2) is 48.5 Å². The maximum atomic E-state index is 11.3. The molecule has 1 aromatic rings. The third-order valence-corrected chi connectivity index (χ3v) is 2.51. The van der Waals surface area contributed by atoms with Crippen molar-refractivity contribution in [2.24, 2.45) is 0 Å². The number of nitrogens with zero attached hydrogens (tertiary/aromatic N) is 1. The Morgan fingerprint density at radius 2 is 2.18 bits per heavy atom. The van der Waals surface area contributed by atoms with Crippen LogP contribution in [0.1, 0.15) is 0 Å². The molecule has 0 saturated carbocycles. The number of amides is 1. The Hall–Kier alpha value is -1.45. The first-order valence-electron chi connectivity index (χ1n) is 4.57. The fraction of sp³-hybridized carbons (Fsp3) is 0.250. The summed E-state index contributed by atoms with van der Waals surface area (Å²) >= 11 is 0. The van der Waals surface area contributed by atoms with Crippen molar-refractivity contribution in [3.05, 3.63) is 18.3 Å². The van der Waals surface area contributed by atoms with Gasteiger partial charge in [0.2, 0.25) is 5.91 Å². The van der Waals surface area contributed by atoms with Crippen molar-refractivity contribution in [2.45, 2.75) is 0 Å². The highest BCUT2D eigenvalue weighted by Gasteiger charge is 2.15. The van der Waals surface area contributed by atoms with Crippen LogP contribution < -0.4 is 10.9 Å². The van der Waals surface area contributed by atoms with E-state index >= 15 is 0 Å². The lowest BCUT2D eigenvalue weighted by molar-refractivity contribution is -0.113. The Balaban J connectivity index is 2.75. The third kappa shape index (κ3) is 4.94. The van der Waals surface area contributed by atoms with Crippen molar-refractivity contribution < 1.29 is 23.3 Å². The minimum atomic E-state index is -3.40. The third-order valence-electron chi connectivity index (χ3n) is 1.72. The van der Waals surface area contributed by atoms with Crippen LogP contribution in [0.5, 0.6) is 0 Å². The summed E-state index contributed by atoms with van der Waals surface area (Å²) in [5.74, 6) is -1.33. The summed E-state index contributed by atoms with van der Waals surface area (Å²) in [6.45, 7) is 0. The Kier molecular flexibility index (Phi) is 4.21. The maximum Gasteiger partial charge on any atom is 0.508 e. The first-order chi connectivity index (χ1) is 7.78. The molecule has 0 aliphatic rings. The molecule has 1 aromatic heterocycles. The van der Waals surface area contributed by atoms with Gasteiger partial charge in [0.15, 0.2) is 9.84 Å². The summed E-state index contributed by atoms with van der Waals surface area (Å²) in [7, 11) is -5.14. The molecule has 0 atom stereocenters. The van der Waals surface area contributed by atoms with Crippen LogP contribution in [0.4, 0.5) is 5.69 Å². The van der Waals surface area contributed by atoms with Crippen LogP contribution in [-0.2, 0) is 14.6 Å². The summed E-state index contributed by atoms with van der Waals surface area (Å²) in [5.41, 5.74) is 0.207. The van der Waals surface area contributed by atoms with E-state index in [2.05, 4.69) is 10.3 Å². The second-order valence-electron chi connectivity index (χ2n) is 3.46. The molecule has 0 unspecified atom stereocenters. The summed E-state index contributed by atoms with van der Waals surface area (Å²) in [6.07, 6.45) is 2.22. The van der Waals surface area contributed by atoms with E-state index in [0.717, 1.165) is 6.26 Å². The number of nitrogens with one attached hydrogen (secondary N) is 1. The fourth-order valence-corrected chi connectivity index (χ4v) is 1.65. The minimum absolute atomic E-state index is 0.0397. The van der Waals surface area contributed by atoms with Gasteiger partial charge < -0.3 is 15.4 Å². The Bertz CT molecular complexity index is 516. The highest BCUT2D eigenvalue weighted by atomic mass is 32.2. The Morgan fingerprint density at radius 1 is 1.53 bits per heavy atom. The fourth-order valence-electron chi connectivity index (χ4n) is 1.10. The highest BCUT2D eigenvalue weighted by molar-refractivity contribution is 7.91. The molecule has 92 valence electrons. The Labute approximate surface area is 98.6 Å². The average Bonchev–Trinajstić information content (AvgIpc) is 2.14. The lowest BCUT2D eigenvalue weighted by Crippen LogP contribution is -2.33. The number of hydrogen-bond donors (Lipinski definition) is 3. The number of anilines is 1. The molecule has 1 rings (SSSR count). The lowest BCUT2D eigenvalue weighted by atomic mass is 9.85. The number of carbonyl (C=O) groups excluding carboxylic acids is 1. The number of rotatable bonds is 4. The second-order valence-corrected chi connectivity index (χ2v) is 5.60. The van der Waals surface area contributed by atoms with Gasteiger partial charge in [-0.1, -0.05) is 0 Å². The van der Waals surface area contributed by atoms with Crippen LogP contribution in [0.3, 0.4) is 0 Å². The molecule has 7 nitrogen and oxygen atoms in total. The summed E-state index contributed by atoms with van der Waals surface area (Å²) in [6, 6.07) is 2.65. The molecule has 0 fully saturated rings. The first kappa shape index (κ1) is 13.6. The van der Waals surface area contributed by atoms with E-state index in [4.69, 9.17) is 10.0 Å². The van der Waals surface area contributed by atoms with Gasteiger partial charge in [0, 0.05) is 18.1 Å². The number of hydrogen-bond acceptors (Lipinski definition) is 6. The van der Waals surface area contributed by atoms with Gasteiger partial charge in [-0.05, 0) is 12.1 Å². The first-order valence-corrected chi connectivity index (χ1v) is 6.63. The van der Waals surface area contributed by atoms with Gasteiger partial charge in [-0.3, -0.25) is 9.78 Å². The van der Waals surface area contributed by atoms with Crippen LogP contribution in [0, 0.1) is 0 Å². The minimum Gasteiger partial charge on any atom is -0.422 e. The van der Waals surface area contributed by atoms with Gasteiger partial charge in [-0.2, -0.15) is 0 Å². The van der Waals surface area contributed by atoms with Crippen LogP contribution in [0.2, 0.25) is 0 Å². The molecule has 1 heterocycles. The predicted octanol–water partition coefficient (Wildman–Crippen LogP) is -2.26. The molecule has 17 heavy (non-hydrogen) atoms. The zero-order valence-electron chi connectivity index (χ0n) is 8.99. The molecular weight excluding hydrogens is 247 g/mol. The van der Waals surface area contributed by atoms with Crippen molar-refractivity contribution in [3.8, 4) is 0 Å². The van der Waals surface area contributed by atoms with Gasteiger partial charge in [-0.15, -0.1) is 0 Å². The molecule has 0 aliphatic carbocycles. The van der Waals surface area contributed by atoms with E-state index in [1.165, 1.54) is 18.3 Å². The van der Waals surface area contributed by atoms with Crippen molar-refractivity contribution in [2.75, 3.05) is 17.3 Å². The highest BCUT2D eigenvalue weighted by Crippen LogP contribution is 2.02. The number of sulfone groups is 1. The van der Waals surface area contributed by atoms with Gasteiger partial charge in [-0.25, -0.2) is 8.42 Å². The topological polar surface area (TPSA) is 117 Å². The van der Waals surface area contributed by atoms with E-state index in [0.29, 0.717) is 0 Å². The van der Waals surface area contributed by atoms with Crippen LogP contribution in [0.15, 0.2) is 18.3 Å². The zero-order chi connectivity index (χ0) is 13.1. The number of aromatic nitrogens is 1. The lowest BCUT2D eigenvalue weighted by Gasteiger charge is -2.05. The molecule has 0 aliphatic heterocycles. The van der Waals surface area contributed by atoms with E-state index in [-0.39, 0.29) is 11.3 Å². The molecule has 0 saturated heterocycles. The summed E-state index contributed by atoms with van der Waals surface area (Å²) in [5, 5.41) is 20.0. The number of pyridine rings is 1. The summed E-state index contributed by atoms with van der Waals surface area (Å²) < 4.78 is 21.7. The largest absolute Gasteiger partial charge is 0.508 e. The van der Waals surface area contributed by atoms with Gasteiger partial charge in [0.05, 0.1) is 5.59 Å². The van der Waals surface area contributed by atoms with Gasteiger partial charge in [0.25, 0.3) is 0 Å². The van der Waals surface area contributed by atoms with Gasteiger partial charge in [0.1, 0.15) is 5.75 Å². The van der Waals surface area contributed by atoms with Crippen molar-refractivity contribution in [3.63, 3.8) is 0 Å². The van der Waals surface area contributed by atoms with Crippen molar-refractivity contribution in [1.82, 2.24) is 4.98 Å². The molecule has 0 radical (unpaired) electrons. The molecule has 0 spiro atoms. The van der Waals surface area contributed by atoms with E-state index in [1.54, 1.807) is 0 Å². The van der Waals surface area contributed by atoms with Gasteiger partial charge >= 0.3 is 7.12 Å². The van der Waals surface area contributed by atoms with Crippen molar-refractivity contribution >= 4 is 34.1 Å². The molecule has 3 N–H and O–H groups in total. The molecule has 0 aromatic carbocycles. The summed E-state index contributed by atoms with van der Waals surface area (Å²) in [4.78, 5) is 14.9. The van der Waals surface area contributed by atoms with Crippen LogP contribution in [0.25, 0.3) is 0 Å². The quantitative estimate of drug-likeness (QED) is 0.525. The standard InChI is InChI=1S/C8H11BN2O5S/c1-17(15,16)5-8(12)11-6-2-3-10-7(4-6)9(13)14/h2-4,13-14H,5H2,1H3,(H,10,11,12). The molecule has 0 bridgehead atoms. The second kappa shape index (κ2) is 5.26. The van der Waals surface area contributed by atoms with Crippen molar-refractivity contribution in [1.29, 1.82) is 0 Å². The van der Waals surface area contributed by atoms with Crippen LogP contribution >= 0.6 is 0 Å². The van der Waals surface area contributed by atoms with E-state index in [9.17, 15) is 13.2 Å². The zero-order valence-corrected chi connectivity index (χ0v) is 9.81.